The van der Waals surface area contributed by atoms with Crippen LogP contribution in [0.2, 0.25) is 0 Å². The van der Waals surface area contributed by atoms with Gasteiger partial charge in [0.1, 0.15) is 0 Å². The summed E-state index contributed by atoms with van der Waals surface area (Å²) in [6, 6.07) is 0. The molecule has 2 amide bonds. The fraction of sp³-hybridized carbons (Fsp3) is 0.889. The fourth-order valence-electron chi connectivity index (χ4n) is 3.82. The third-order valence-electron chi connectivity index (χ3n) is 5.40. The van der Waals surface area contributed by atoms with Crippen molar-refractivity contribution in [1.29, 1.82) is 0 Å². The van der Waals surface area contributed by atoms with E-state index in [2.05, 4.69) is 16.0 Å². The molecular formula is C18H33N3O3. The van der Waals surface area contributed by atoms with Crippen LogP contribution >= 0.6 is 0 Å². The zero-order valence-electron chi connectivity index (χ0n) is 15.0. The van der Waals surface area contributed by atoms with E-state index in [4.69, 9.17) is 4.74 Å². The van der Waals surface area contributed by atoms with Crippen LogP contribution < -0.4 is 16.0 Å². The maximum absolute atomic E-state index is 12.1. The number of hydrogen-bond donors (Lipinski definition) is 3. The summed E-state index contributed by atoms with van der Waals surface area (Å²) in [4.78, 5) is 24.1. The largest absolute Gasteiger partial charge is 0.384 e. The van der Waals surface area contributed by atoms with Gasteiger partial charge < -0.3 is 20.7 Å². The van der Waals surface area contributed by atoms with E-state index in [1.54, 1.807) is 7.11 Å². The van der Waals surface area contributed by atoms with Gasteiger partial charge in [0.2, 0.25) is 11.8 Å². The van der Waals surface area contributed by atoms with E-state index in [9.17, 15) is 9.59 Å². The standard InChI is InChI=1S/C18H33N3O3/c1-24-14-18(8-11-19-12-9-18)13-21-16(22)7-10-20-17(23)15-5-3-2-4-6-15/h15,19H,2-14H2,1H3,(H,20,23)(H,21,22). The Balaban J connectivity index is 1.64. The van der Waals surface area contributed by atoms with E-state index in [0.29, 0.717) is 26.1 Å². The highest BCUT2D eigenvalue weighted by molar-refractivity contribution is 5.80. The third-order valence-corrected chi connectivity index (χ3v) is 5.40. The van der Waals surface area contributed by atoms with Crippen molar-refractivity contribution >= 4 is 11.8 Å². The Morgan fingerprint density at radius 1 is 1.12 bits per heavy atom. The summed E-state index contributed by atoms with van der Waals surface area (Å²) < 4.78 is 5.36. The maximum Gasteiger partial charge on any atom is 0.223 e. The molecule has 6 nitrogen and oxygen atoms in total. The fourth-order valence-corrected chi connectivity index (χ4v) is 3.82. The SMILES string of the molecule is COCC1(CNC(=O)CCNC(=O)C2CCCCC2)CCNCC1. The van der Waals surface area contributed by atoms with E-state index in [-0.39, 0.29) is 23.1 Å². The Morgan fingerprint density at radius 3 is 2.50 bits per heavy atom. The first-order valence-corrected chi connectivity index (χ1v) is 9.39. The van der Waals surface area contributed by atoms with Crippen LogP contribution in [0.25, 0.3) is 0 Å². The molecule has 0 bridgehead atoms. The molecule has 138 valence electrons. The van der Waals surface area contributed by atoms with Crippen LogP contribution in [-0.4, -0.2) is 51.7 Å². The number of piperidine rings is 1. The molecule has 3 N–H and O–H groups in total. The number of nitrogens with one attached hydrogen (secondary N) is 3. The minimum Gasteiger partial charge on any atom is -0.384 e. The molecule has 1 saturated heterocycles. The second-order valence-corrected chi connectivity index (χ2v) is 7.34. The zero-order valence-corrected chi connectivity index (χ0v) is 15.0. The Bertz CT molecular complexity index is 397. The minimum atomic E-state index is 0.00737. The predicted molar refractivity (Wildman–Crippen MR) is 93.6 cm³/mol. The number of rotatable bonds is 8. The lowest BCUT2D eigenvalue weighted by Gasteiger charge is -2.37. The van der Waals surface area contributed by atoms with Crippen LogP contribution in [0.5, 0.6) is 0 Å². The monoisotopic (exact) mass is 339 g/mol. The van der Waals surface area contributed by atoms with E-state index in [1.165, 1.54) is 6.42 Å². The molecule has 1 aliphatic carbocycles. The van der Waals surface area contributed by atoms with Gasteiger partial charge in [0.25, 0.3) is 0 Å². The Hall–Kier alpha value is -1.14. The molecule has 2 fully saturated rings. The van der Waals surface area contributed by atoms with Crippen LogP contribution in [-0.2, 0) is 14.3 Å². The molecule has 0 aromatic heterocycles. The highest BCUT2D eigenvalue weighted by atomic mass is 16.5. The van der Waals surface area contributed by atoms with E-state index >= 15 is 0 Å². The van der Waals surface area contributed by atoms with Crippen LogP contribution in [0.1, 0.15) is 51.4 Å². The van der Waals surface area contributed by atoms with Crippen LogP contribution in [0.4, 0.5) is 0 Å². The molecular weight excluding hydrogens is 306 g/mol. The summed E-state index contributed by atoms with van der Waals surface area (Å²) in [5.74, 6) is 0.284. The Labute approximate surface area is 145 Å². The summed E-state index contributed by atoms with van der Waals surface area (Å²) in [6.45, 7) is 3.69. The molecule has 1 saturated carbocycles. The minimum absolute atomic E-state index is 0.00737. The Morgan fingerprint density at radius 2 is 1.83 bits per heavy atom. The van der Waals surface area contributed by atoms with Gasteiger partial charge in [0.05, 0.1) is 6.61 Å². The summed E-state index contributed by atoms with van der Waals surface area (Å²) in [7, 11) is 1.71. The molecule has 0 spiro atoms. The quantitative estimate of drug-likeness (QED) is 0.621. The van der Waals surface area contributed by atoms with Crippen LogP contribution in [0, 0.1) is 11.3 Å². The highest BCUT2D eigenvalue weighted by Crippen LogP contribution is 2.28. The summed E-state index contributed by atoms with van der Waals surface area (Å²) in [5, 5.41) is 9.30. The summed E-state index contributed by atoms with van der Waals surface area (Å²) in [5.41, 5.74) is 0.0427. The average Bonchev–Trinajstić information content (AvgIpc) is 2.62. The summed E-state index contributed by atoms with van der Waals surface area (Å²) >= 11 is 0. The molecule has 1 aliphatic heterocycles. The first-order valence-electron chi connectivity index (χ1n) is 9.39. The first-order chi connectivity index (χ1) is 11.7. The van der Waals surface area contributed by atoms with Gasteiger partial charge in [-0.2, -0.15) is 0 Å². The molecule has 2 aliphatic rings. The number of amides is 2. The van der Waals surface area contributed by atoms with Crippen molar-refractivity contribution in [3.05, 3.63) is 0 Å². The molecule has 0 atom stereocenters. The topological polar surface area (TPSA) is 79.5 Å². The van der Waals surface area contributed by atoms with E-state index < -0.39 is 0 Å². The molecule has 1 heterocycles. The lowest BCUT2D eigenvalue weighted by Crippen LogP contribution is -2.47. The lowest BCUT2D eigenvalue weighted by atomic mass is 9.79. The molecule has 2 rings (SSSR count). The molecule has 0 aromatic rings. The van der Waals surface area contributed by atoms with Crippen LogP contribution in [0.3, 0.4) is 0 Å². The molecule has 24 heavy (non-hydrogen) atoms. The number of carbonyl (C=O) groups excluding carboxylic acids is 2. The maximum atomic E-state index is 12.1. The van der Waals surface area contributed by atoms with Gasteiger partial charge in [-0.25, -0.2) is 0 Å². The van der Waals surface area contributed by atoms with Crippen molar-refractivity contribution < 1.29 is 14.3 Å². The second-order valence-electron chi connectivity index (χ2n) is 7.34. The first kappa shape index (κ1) is 19.2. The zero-order chi connectivity index (χ0) is 17.3. The van der Waals surface area contributed by atoms with Gasteiger partial charge in [-0.3, -0.25) is 9.59 Å². The number of methoxy groups -OCH3 is 1. The molecule has 0 aromatic carbocycles. The van der Waals surface area contributed by atoms with Crippen molar-refractivity contribution in [2.45, 2.75) is 51.4 Å². The van der Waals surface area contributed by atoms with Gasteiger partial charge in [-0.05, 0) is 38.8 Å². The van der Waals surface area contributed by atoms with E-state index in [0.717, 1.165) is 51.6 Å². The van der Waals surface area contributed by atoms with Crippen LogP contribution in [0.15, 0.2) is 0 Å². The van der Waals surface area contributed by atoms with Gasteiger partial charge in [-0.15, -0.1) is 0 Å². The van der Waals surface area contributed by atoms with Gasteiger partial charge in [0, 0.05) is 38.0 Å². The average molecular weight is 339 g/mol. The van der Waals surface area contributed by atoms with Crippen molar-refractivity contribution in [2.24, 2.45) is 11.3 Å². The Kier molecular flexibility index (Phi) is 7.99. The molecule has 0 radical (unpaired) electrons. The van der Waals surface area contributed by atoms with Crippen molar-refractivity contribution in [3.63, 3.8) is 0 Å². The van der Waals surface area contributed by atoms with Crippen molar-refractivity contribution in [2.75, 3.05) is 39.9 Å². The smallest absolute Gasteiger partial charge is 0.223 e. The van der Waals surface area contributed by atoms with Gasteiger partial charge in [-0.1, -0.05) is 19.3 Å². The van der Waals surface area contributed by atoms with E-state index in [1.807, 2.05) is 0 Å². The molecule has 6 heteroatoms. The summed E-state index contributed by atoms with van der Waals surface area (Å²) in [6.07, 6.45) is 7.89. The number of carbonyl (C=O) groups is 2. The van der Waals surface area contributed by atoms with Crippen molar-refractivity contribution in [3.8, 4) is 0 Å². The second kappa shape index (κ2) is 9.99. The van der Waals surface area contributed by atoms with Crippen molar-refractivity contribution in [1.82, 2.24) is 16.0 Å². The third kappa shape index (κ3) is 6.06. The normalized spacial score (nSPS) is 21.2. The number of ether oxygens (including phenoxy) is 1. The number of hydrogen-bond acceptors (Lipinski definition) is 4. The highest BCUT2D eigenvalue weighted by Gasteiger charge is 2.32. The van der Waals surface area contributed by atoms with Gasteiger partial charge >= 0.3 is 0 Å². The predicted octanol–water partition coefficient (Wildman–Crippen LogP) is 1.21. The molecule has 0 unspecified atom stereocenters. The van der Waals surface area contributed by atoms with Gasteiger partial charge in [0.15, 0.2) is 0 Å². The lowest BCUT2D eigenvalue weighted by molar-refractivity contribution is -0.126.